The number of nitrogens with zero attached hydrogens (tertiary/aromatic N) is 1. The predicted molar refractivity (Wildman–Crippen MR) is 69.2 cm³/mol. The van der Waals surface area contributed by atoms with Crippen LogP contribution in [0.25, 0.3) is 11.1 Å². The summed E-state index contributed by atoms with van der Waals surface area (Å²) in [5.41, 5.74) is 13.5. The van der Waals surface area contributed by atoms with Crippen LogP contribution in [0.4, 0.5) is 5.69 Å². The van der Waals surface area contributed by atoms with Crippen molar-refractivity contribution < 1.29 is 9.53 Å². The van der Waals surface area contributed by atoms with E-state index >= 15 is 0 Å². The zero-order valence-corrected chi connectivity index (χ0v) is 9.88. The fourth-order valence-corrected chi connectivity index (χ4v) is 1.74. The number of pyridine rings is 1. The molecule has 2 rings (SSSR count). The first-order valence-corrected chi connectivity index (χ1v) is 5.31. The van der Waals surface area contributed by atoms with Crippen LogP contribution in [0.3, 0.4) is 0 Å². The lowest BCUT2D eigenvalue weighted by atomic mass is 10.0. The maximum absolute atomic E-state index is 11.3. The number of nitrogen functional groups attached to an aromatic ring is 1. The zero-order chi connectivity index (χ0) is 13.1. The molecule has 0 spiro atoms. The molecule has 4 N–H and O–H groups in total. The van der Waals surface area contributed by atoms with Crippen LogP contribution in [0.2, 0.25) is 0 Å². The topological polar surface area (TPSA) is 91.2 Å². The van der Waals surface area contributed by atoms with E-state index in [1.54, 1.807) is 37.6 Å². The molecule has 0 saturated carbocycles. The van der Waals surface area contributed by atoms with Gasteiger partial charge >= 0.3 is 0 Å². The summed E-state index contributed by atoms with van der Waals surface area (Å²) >= 11 is 0. The Kier molecular flexibility index (Phi) is 3.14. The van der Waals surface area contributed by atoms with Gasteiger partial charge in [-0.25, -0.2) is 0 Å². The van der Waals surface area contributed by atoms with Crippen molar-refractivity contribution in [2.45, 2.75) is 0 Å². The van der Waals surface area contributed by atoms with Crippen LogP contribution in [0, 0.1) is 0 Å². The third kappa shape index (κ3) is 2.10. The number of carbonyl (C=O) groups is 1. The molecular weight excluding hydrogens is 230 g/mol. The number of ether oxygens (including phenoxy) is 1. The highest BCUT2D eigenvalue weighted by atomic mass is 16.5. The highest BCUT2D eigenvalue weighted by Gasteiger charge is 2.11. The lowest BCUT2D eigenvalue weighted by Gasteiger charge is -2.09. The Morgan fingerprint density at radius 2 is 2.11 bits per heavy atom. The molecule has 1 amide bonds. The van der Waals surface area contributed by atoms with Crippen molar-refractivity contribution in [3.8, 4) is 16.9 Å². The summed E-state index contributed by atoms with van der Waals surface area (Å²) < 4.78 is 5.08. The second kappa shape index (κ2) is 4.75. The number of methoxy groups -OCH3 is 1. The molecule has 2 aromatic rings. The van der Waals surface area contributed by atoms with Gasteiger partial charge in [-0.1, -0.05) is 6.07 Å². The minimum atomic E-state index is -0.498. The molecule has 5 heteroatoms. The first-order valence-electron chi connectivity index (χ1n) is 5.31. The fraction of sp³-hybridized carbons (Fsp3) is 0.0769. The molecule has 0 atom stereocenters. The van der Waals surface area contributed by atoms with Crippen molar-refractivity contribution in [2.75, 3.05) is 12.8 Å². The molecule has 0 saturated heterocycles. The minimum absolute atomic E-state index is 0.412. The van der Waals surface area contributed by atoms with Crippen molar-refractivity contribution in [1.29, 1.82) is 0 Å². The van der Waals surface area contributed by atoms with Crippen molar-refractivity contribution in [3.05, 3.63) is 42.2 Å². The average molecular weight is 243 g/mol. The molecule has 1 aromatic heterocycles. The predicted octanol–water partition coefficient (Wildman–Crippen LogP) is 1.44. The van der Waals surface area contributed by atoms with Crippen LogP contribution in [0.1, 0.15) is 10.4 Å². The number of hydrogen-bond acceptors (Lipinski definition) is 4. The van der Waals surface area contributed by atoms with Gasteiger partial charge in [0.1, 0.15) is 5.75 Å². The Hall–Kier alpha value is -2.56. The van der Waals surface area contributed by atoms with Crippen LogP contribution >= 0.6 is 0 Å². The van der Waals surface area contributed by atoms with E-state index < -0.39 is 5.91 Å². The summed E-state index contributed by atoms with van der Waals surface area (Å²) in [5.74, 6) is 0.0880. The molecule has 0 fully saturated rings. The first-order chi connectivity index (χ1) is 8.63. The molecule has 0 aliphatic rings. The molecule has 92 valence electrons. The number of carbonyl (C=O) groups excluding carboxylic acids is 1. The maximum Gasteiger partial charge on any atom is 0.249 e. The van der Waals surface area contributed by atoms with Gasteiger partial charge in [-0.05, 0) is 23.8 Å². The Morgan fingerprint density at radius 3 is 2.72 bits per heavy atom. The van der Waals surface area contributed by atoms with Crippen LogP contribution < -0.4 is 16.2 Å². The standard InChI is InChI=1S/C13H13N3O2/c1-18-12-3-2-8(6-11(12)14)10-7-16-5-4-9(10)13(15)17/h2-7H,14H2,1H3,(H2,15,17). The van der Waals surface area contributed by atoms with Gasteiger partial charge in [0, 0.05) is 23.5 Å². The van der Waals surface area contributed by atoms with E-state index in [0.717, 1.165) is 5.56 Å². The van der Waals surface area contributed by atoms with E-state index in [-0.39, 0.29) is 0 Å². The van der Waals surface area contributed by atoms with E-state index in [0.29, 0.717) is 22.6 Å². The van der Waals surface area contributed by atoms with E-state index in [4.69, 9.17) is 16.2 Å². The molecular formula is C13H13N3O2. The van der Waals surface area contributed by atoms with Crippen molar-refractivity contribution in [1.82, 2.24) is 4.98 Å². The van der Waals surface area contributed by atoms with E-state index in [9.17, 15) is 4.79 Å². The van der Waals surface area contributed by atoms with E-state index in [2.05, 4.69) is 4.98 Å². The van der Waals surface area contributed by atoms with Crippen LogP contribution in [-0.2, 0) is 0 Å². The molecule has 5 nitrogen and oxygen atoms in total. The SMILES string of the molecule is COc1ccc(-c2cnccc2C(N)=O)cc1N. The van der Waals surface area contributed by atoms with Gasteiger partial charge in [-0.3, -0.25) is 9.78 Å². The minimum Gasteiger partial charge on any atom is -0.495 e. The number of primary amides is 1. The second-order valence-corrected chi connectivity index (χ2v) is 3.74. The van der Waals surface area contributed by atoms with Gasteiger partial charge in [0.2, 0.25) is 5.91 Å². The molecule has 0 aliphatic carbocycles. The van der Waals surface area contributed by atoms with Gasteiger partial charge in [0.15, 0.2) is 0 Å². The molecule has 0 aliphatic heterocycles. The van der Waals surface area contributed by atoms with Crippen LogP contribution in [0.5, 0.6) is 5.75 Å². The van der Waals surface area contributed by atoms with E-state index in [1.165, 1.54) is 6.20 Å². The van der Waals surface area contributed by atoms with Crippen LogP contribution in [-0.4, -0.2) is 18.0 Å². The molecule has 1 aromatic carbocycles. The summed E-state index contributed by atoms with van der Waals surface area (Å²) in [6.45, 7) is 0. The molecule has 18 heavy (non-hydrogen) atoms. The Labute approximate surface area is 104 Å². The van der Waals surface area contributed by atoms with Crippen molar-refractivity contribution in [2.24, 2.45) is 5.73 Å². The third-order valence-corrected chi connectivity index (χ3v) is 2.63. The number of benzene rings is 1. The number of anilines is 1. The van der Waals surface area contributed by atoms with Gasteiger partial charge in [-0.15, -0.1) is 0 Å². The average Bonchev–Trinajstić information content (AvgIpc) is 2.38. The molecule has 0 radical (unpaired) electrons. The maximum atomic E-state index is 11.3. The lowest BCUT2D eigenvalue weighted by molar-refractivity contribution is 0.100. The Balaban J connectivity index is 2.55. The first kappa shape index (κ1) is 11.9. The lowest BCUT2D eigenvalue weighted by Crippen LogP contribution is -2.12. The third-order valence-electron chi connectivity index (χ3n) is 2.63. The van der Waals surface area contributed by atoms with Crippen LogP contribution in [0.15, 0.2) is 36.7 Å². The highest BCUT2D eigenvalue weighted by Crippen LogP contribution is 2.29. The number of aromatic nitrogens is 1. The number of amides is 1. The molecule has 0 unspecified atom stereocenters. The normalized spacial score (nSPS) is 10.1. The van der Waals surface area contributed by atoms with Crippen molar-refractivity contribution in [3.63, 3.8) is 0 Å². The number of hydrogen-bond donors (Lipinski definition) is 2. The second-order valence-electron chi connectivity index (χ2n) is 3.74. The number of rotatable bonds is 3. The summed E-state index contributed by atoms with van der Waals surface area (Å²) in [7, 11) is 1.55. The van der Waals surface area contributed by atoms with Gasteiger partial charge < -0.3 is 16.2 Å². The molecule has 0 bridgehead atoms. The smallest absolute Gasteiger partial charge is 0.249 e. The summed E-state index contributed by atoms with van der Waals surface area (Å²) in [6, 6.07) is 6.85. The van der Waals surface area contributed by atoms with Gasteiger partial charge in [-0.2, -0.15) is 0 Å². The van der Waals surface area contributed by atoms with Gasteiger partial charge in [0.25, 0.3) is 0 Å². The summed E-state index contributed by atoms with van der Waals surface area (Å²) in [6.07, 6.45) is 3.11. The monoisotopic (exact) mass is 243 g/mol. The number of nitrogens with two attached hydrogens (primary N) is 2. The zero-order valence-electron chi connectivity index (χ0n) is 9.88. The Morgan fingerprint density at radius 1 is 1.33 bits per heavy atom. The Bertz CT molecular complexity index is 597. The quantitative estimate of drug-likeness (QED) is 0.798. The summed E-state index contributed by atoms with van der Waals surface area (Å²) in [5, 5.41) is 0. The fourth-order valence-electron chi connectivity index (χ4n) is 1.74. The summed E-state index contributed by atoms with van der Waals surface area (Å²) in [4.78, 5) is 15.3. The van der Waals surface area contributed by atoms with E-state index in [1.807, 2.05) is 0 Å². The highest BCUT2D eigenvalue weighted by molar-refractivity contribution is 5.99. The molecule has 1 heterocycles. The van der Waals surface area contributed by atoms with Gasteiger partial charge in [0.05, 0.1) is 12.8 Å². The van der Waals surface area contributed by atoms with Crippen molar-refractivity contribution >= 4 is 11.6 Å². The largest absolute Gasteiger partial charge is 0.495 e.